The molecule has 2 heterocycles. The topological polar surface area (TPSA) is 83.5 Å². The number of cyclic esters (lactones) is 1. The molecule has 0 unspecified atom stereocenters. The third kappa shape index (κ3) is 3.65. The number of carbonyl (C=O) groups is 2. The molecule has 0 bridgehead atoms. The van der Waals surface area contributed by atoms with Crippen LogP contribution < -0.4 is 15.1 Å². The Bertz CT molecular complexity index is 724. The minimum atomic E-state index is -0.397. The second-order valence-electron chi connectivity index (χ2n) is 5.74. The number of hydrogen-bond donors (Lipinski definition) is 1. The van der Waals surface area contributed by atoms with Crippen molar-refractivity contribution in [3.05, 3.63) is 18.2 Å². The normalized spacial score (nSPS) is 21.2. The number of carbonyl (C=O) groups excluding carboxylic acids is 2. The van der Waals surface area contributed by atoms with Gasteiger partial charge < -0.3 is 19.8 Å². The second-order valence-corrected chi connectivity index (χ2v) is 6.76. The van der Waals surface area contributed by atoms with E-state index in [1.165, 1.54) is 14.0 Å². The van der Waals surface area contributed by atoms with Crippen molar-refractivity contribution in [2.45, 2.75) is 17.9 Å². The maximum atomic E-state index is 12.1. The average Bonchev–Trinajstić information content (AvgIpc) is 2.96. The van der Waals surface area contributed by atoms with Crippen LogP contribution in [0, 0.1) is 0 Å². The van der Waals surface area contributed by atoms with Crippen LogP contribution in [0.15, 0.2) is 28.3 Å². The summed E-state index contributed by atoms with van der Waals surface area (Å²) in [5, 5.41) is 6.70. The number of anilines is 2. The standard InChI is InChI=1S/C16H20N4O4S/c1-10(21)17-7-12-8-20(16(22)24-12)11-4-5-13-14(6-11)25-9-15(18-23-3)19(13)2/h4-6,12H,7-9H2,1-3H3,(H,17,21)/t12-/m0/s1. The molecule has 1 saturated heterocycles. The summed E-state index contributed by atoms with van der Waals surface area (Å²) in [7, 11) is 3.46. The van der Waals surface area contributed by atoms with E-state index in [1.807, 2.05) is 30.1 Å². The van der Waals surface area contributed by atoms with E-state index in [9.17, 15) is 9.59 Å². The van der Waals surface area contributed by atoms with Crippen LogP contribution >= 0.6 is 11.8 Å². The molecule has 25 heavy (non-hydrogen) atoms. The molecule has 0 spiro atoms. The fourth-order valence-corrected chi connectivity index (χ4v) is 3.82. The number of amides is 2. The quantitative estimate of drug-likeness (QED) is 0.818. The predicted octanol–water partition coefficient (Wildman–Crippen LogP) is 1.65. The van der Waals surface area contributed by atoms with Crippen molar-refractivity contribution in [3.8, 4) is 0 Å². The van der Waals surface area contributed by atoms with Gasteiger partial charge in [-0.2, -0.15) is 0 Å². The van der Waals surface area contributed by atoms with Crippen LogP contribution in [0.4, 0.5) is 16.2 Å². The lowest BCUT2D eigenvalue weighted by atomic mass is 10.2. The molecule has 3 rings (SSSR count). The Hall–Kier alpha value is -2.42. The van der Waals surface area contributed by atoms with Gasteiger partial charge in [-0.25, -0.2) is 4.79 Å². The first kappa shape index (κ1) is 17.4. The van der Waals surface area contributed by atoms with Crippen LogP contribution in [-0.2, 0) is 14.4 Å². The maximum absolute atomic E-state index is 12.1. The number of rotatable bonds is 4. The number of ether oxygens (including phenoxy) is 1. The number of thioether (sulfide) groups is 1. The van der Waals surface area contributed by atoms with E-state index in [4.69, 9.17) is 9.57 Å². The highest BCUT2D eigenvalue weighted by Gasteiger charge is 2.33. The molecule has 0 aromatic heterocycles. The monoisotopic (exact) mass is 364 g/mol. The fraction of sp³-hybridized carbons (Fsp3) is 0.438. The third-order valence-corrected chi connectivity index (χ3v) is 5.05. The van der Waals surface area contributed by atoms with Gasteiger partial charge in [-0.15, -0.1) is 11.8 Å². The fourth-order valence-electron chi connectivity index (χ4n) is 2.73. The number of benzene rings is 1. The summed E-state index contributed by atoms with van der Waals surface area (Å²) in [6.45, 7) is 2.17. The summed E-state index contributed by atoms with van der Waals surface area (Å²) in [6.07, 6.45) is -0.741. The van der Waals surface area contributed by atoms with Gasteiger partial charge in [-0.3, -0.25) is 9.69 Å². The Balaban J connectivity index is 1.76. The average molecular weight is 364 g/mol. The highest BCUT2D eigenvalue weighted by atomic mass is 32.2. The highest BCUT2D eigenvalue weighted by molar-refractivity contribution is 8.00. The number of fused-ring (bicyclic) bond motifs is 1. The number of nitrogens with zero attached hydrogens (tertiary/aromatic N) is 3. The first-order valence-corrected chi connectivity index (χ1v) is 8.81. The van der Waals surface area contributed by atoms with Gasteiger partial charge in [0.1, 0.15) is 13.2 Å². The molecular formula is C16H20N4O4S. The molecular weight excluding hydrogens is 344 g/mol. The Morgan fingerprint density at radius 3 is 3.04 bits per heavy atom. The van der Waals surface area contributed by atoms with Gasteiger partial charge in [-0.1, -0.05) is 5.16 Å². The number of oxime groups is 1. The molecule has 9 heteroatoms. The number of hydrogen-bond acceptors (Lipinski definition) is 6. The molecule has 1 aromatic carbocycles. The first-order valence-electron chi connectivity index (χ1n) is 7.82. The highest BCUT2D eigenvalue weighted by Crippen LogP contribution is 2.38. The van der Waals surface area contributed by atoms with E-state index in [0.717, 1.165) is 22.1 Å². The van der Waals surface area contributed by atoms with Crippen molar-refractivity contribution in [3.63, 3.8) is 0 Å². The summed E-state index contributed by atoms with van der Waals surface area (Å²) < 4.78 is 5.31. The molecule has 134 valence electrons. The molecule has 0 radical (unpaired) electrons. The van der Waals surface area contributed by atoms with Gasteiger partial charge in [0.05, 0.1) is 24.5 Å². The lowest BCUT2D eigenvalue weighted by Gasteiger charge is -2.28. The van der Waals surface area contributed by atoms with E-state index in [1.54, 1.807) is 16.7 Å². The zero-order chi connectivity index (χ0) is 18.0. The van der Waals surface area contributed by atoms with Crippen LogP contribution in [0.1, 0.15) is 6.92 Å². The van der Waals surface area contributed by atoms with Gasteiger partial charge in [0.2, 0.25) is 5.91 Å². The summed E-state index contributed by atoms with van der Waals surface area (Å²) in [4.78, 5) is 32.6. The molecule has 2 aliphatic rings. The van der Waals surface area contributed by atoms with E-state index in [0.29, 0.717) is 18.8 Å². The van der Waals surface area contributed by atoms with Crippen molar-refractivity contribution in [1.82, 2.24) is 5.32 Å². The lowest BCUT2D eigenvalue weighted by Crippen LogP contribution is -2.33. The largest absolute Gasteiger partial charge is 0.442 e. The Labute approximate surface area is 150 Å². The second kappa shape index (κ2) is 7.22. The van der Waals surface area contributed by atoms with Crippen molar-refractivity contribution in [2.24, 2.45) is 5.16 Å². The van der Waals surface area contributed by atoms with Gasteiger partial charge >= 0.3 is 6.09 Å². The van der Waals surface area contributed by atoms with E-state index < -0.39 is 6.09 Å². The number of nitrogens with one attached hydrogen (secondary N) is 1. The van der Waals surface area contributed by atoms with E-state index >= 15 is 0 Å². The van der Waals surface area contributed by atoms with Crippen LogP contribution in [0.25, 0.3) is 0 Å². The van der Waals surface area contributed by atoms with Crippen LogP contribution in [0.3, 0.4) is 0 Å². The molecule has 2 aliphatic heterocycles. The Morgan fingerprint density at radius 2 is 2.32 bits per heavy atom. The molecule has 0 aliphatic carbocycles. The molecule has 1 atom stereocenters. The van der Waals surface area contributed by atoms with Gasteiger partial charge in [0.15, 0.2) is 5.84 Å². The van der Waals surface area contributed by atoms with Crippen molar-refractivity contribution < 1.29 is 19.2 Å². The minimum Gasteiger partial charge on any atom is -0.442 e. The summed E-state index contributed by atoms with van der Waals surface area (Å²) in [5.41, 5.74) is 1.79. The smallest absolute Gasteiger partial charge is 0.414 e. The van der Waals surface area contributed by atoms with Crippen molar-refractivity contribution in [2.75, 3.05) is 42.8 Å². The zero-order valence-electron chi connectivity index (χ0n) is 14.3. The van der Waals surface area contributed by atoms with E-state index in [-0.39, 0.29) is 12.0 Å². The summed E-state index contributed by atoms with van der Waals surface area (Å²) in [5.74, 6) is 1.39. The van der Waals surface area contributed by atoms with Gasteiger partial charge in [0.25, 0.3) is 0 Å². The maximum Gasteiger partial charge on any atom is 0.414 e. The van der Waals surface area contributed by atoms with Crippen LogP contribution in [-0.4, -0.2) is 56.9 Å². The minimum absolute atomic E-state index is 0.142. The van der Waals surface area contributed by atoms with Gasteiger partial charge in [-0.05, 0) is 18.2 Å². The Kier molecular flexibility index (Phi) is 5.03. The SMILES string of the molecule is CON=C1CSc2cc(N3C[C@H](CNC(C)=O)OC3=O)ccc2N1C. The summed E-state index contributed by atoms with van der Waals surface area (Å²) in [6, 6.07) is 5.81. The molecule has 1 aromatic rings. The van der Waals surface area contributed by atoms with Crippen LogP contribution in [0.5, 0.6) is 0 Å². The number of amidine groups is 1. The predicted molar refractivity (Wildman–Crippen MR) is 96.3 cm³/mol. The molecule has 0 saturated carbocycles. The molecule has 2 amide bonds. The zero-order valence-corrected chi connectivity index (χ0v) is 15.1. The van der Waals surface area contributed by atoms with Crippen molar-refractivity contribution >= 4 is 41.0 Å². The first-order chi connectivity index (χ1) is 12.0. The van der Waals surface area contributed by atoms with E-state index in [2.05, 4.69) is 10.5 Å². The lowest BCUT2D eigenvalue weighted by molar-refractivity contribution is -0.119. The third-order valence-electron chi connectivity index (χ3n) is 4.01. The summed E-state index contributed by atoms with van der Waals surface area (Å²) >= 11 is 1.64. The van der Waals surface area contributed by atoms with Crippen LogP contribution in [0.2, 0.25) is 0 Å². The molecule has 1 fully saturated rings. The van der Waals surface area contributed by atoms with Crippen molar-refractivity contribution in [1.29, 1.82) is 0 Å². The Morgan fingerprint density at radius 1 is 1.52 bits per heavy atom. The molecule has 8 nitrogen and oxygen atoms in total. The van der Waals surface area contributed by atoms with Gasteiger partial charge in [0, 0.05) is 24.6 Å². The molecule has 1 N–H and O–H groups in total.